The lowest BCUT2D eigenvalue weighted by atomic mass is 9.95. The lowest BCUT2D eigenvalue weighted by molar-refractivity contribution is -0.0301. The lowest BCUT2D eigenvalue weighted by Crippen LogP contribution is -2.55. The van der Waals surface area contributed by atoms with Crippen molar-refractivity contribution in [3.05, 3.63) is 47.7 Å². The van der Waals surface area contributed by atoms with Gasteiger partial charge in [0, 0.05) is 23.7 Å². The number of halogens is 4. The monoisotopic (exact) mass is 606 g/mol. The van der Waals surface area contributed by atoms with Crippen molar-refractivity contribution in [2.45, 2.75) is 49.6 Å². The number of nitrogens with zero attached hydrogens (tertiary/aromatic N) is 5. The number of rotatable bonds is 5. The summed E-state index contributed by atoms with van der Waals surface area (Å²) in [6.07, 6.45) is 10.9. The second-order valence-corrected chi connectivity index (χ2v) is 12.0. The Morgan fingerprint density at radius 1 is 1.11 bits per heavy atom. The van der Waals surface area contributed by atoms with Crippen molar-refractivity contribution in [3.63, 3.8) is 0 Å². The number of ether oxygens (including phenoxy) is 1. The first kappa shape index (κ1) is 28.6. The quantitative estimate of drug-likeness (QED) is 0.242. The highest BCUT2D eigenvalue weighted by molar-refractivity contribution is 6.03. The van der Waals surface area contributed by atoms with Gasteiger partial charge in [-0.25, -0.2) is 17.6 Å². The number of phenolic OH excluding ortho intramolecular Hbond substituents is 1. The second kappa shape index (κ2) is 10.5. The summed E-state index contributed by atoms with van der Waals surface area (Å²) in [6, 6.07) is 3.77. The van der Waals surface area contributed by atoms with E-state index in [0.717, 1.165) is 38.8 Å². The predicted molar refractivity (Wildman–Crippen MR) is 158 cm³/mol. The number of aromatic hydroxyl groups is 1. The highest BCUT2D eigenvalue weighted by Crippen LogP contribution is 2.41. The van der Waals surface area contributed by atoms with E-state index in [4.69, 9.17) is 16.9 Å². The van der Waals surface area contributed by atoms with Gasteiger partial charge in [0.25, 0.3) is 5.92 Å². The Hall–Kier alpha value is -4.21. The minimum absolute atomic E-state index is 0.00351. The van der Waals surface area contributed by atoms with E-state index in [-0.39, 0.29) is 75.8 Å². The number of hydrogen-bond donors (Lipinski definition) is 2. The van der Waals surface area contributed by atoms with Crippen molar-refractivity contribution in [1.82, 2.24) is 19.9 Å². The number of nitrogens with two attached hydrogens (primary N) is 1. The number of alkyl halides is 2. The molecule has 12 heteroatoms. The van der Waals surface area contributed by atoms with Gasteiger partial charge >= 0.3 is 6.01 Å². The van der Waals surface area contributed by atoms with E-state index in [2.05, 4.69) is 25.8 Å². The smallest absolute Gasteiger partial charge is 0.319 e. The SMILES string of the molecule is C#Cc1c(F)ccc2cc(O)cc(-c3ncc4c(N5CCC(N)C(F)(F)C5)nc(OCC56CCCN5CCC6)nc4c3F)c12. The van der Waals surface area contributed by atoms with Crippen LogP contribution in [-0.2, 0) is 0 Å². The van der Waals surface area contributed by atoms with Gasteiger partial charge in [-0.3, -0.25) is 9.88 Å². The Kier molecular flexibility index (Phi) is 6.78. The van der Waals surface area contributed by atoms with E-state index < -0.39 is 30.1 Å². The number of anilines is 1. The Morgan fingerprint density at radius 3 is 2.61 bits per heavy atom. The summed E-state index contributed by atoms with van der Waals surface area (Å²) in [7, 11) is 0. The summed E-state index contributed by atoms with van der Waals surface area (Å²) in [6.45, 7) is 1.66. The molecule has 1 unspecified atom stereocenters. The average molecular weight is 607 g/mol. The standard InChI is InChI=1S/C32H30F4N6O2/c1-2-20-23(33)6-5-18-13-19(43)14-21(25(18)20)27-26(34)28-22(15-38-27)29(41-12-7-24(37)32(35,36)16-41)40-30(39-28)44-17-31-8-3-10-42(31)11-4-9-31/h1,5-6,13-15,24,43H,3-4,7-12,16-17,37H2. The summed E-state index contributed by atoms with van der Waals surface area (Å²) in [5.74, 6) is -2.65. The van der Waals surface area contributed by atoms with Crippen molar-refractivity contribution >= 4 is 27.5 Å². The molecule has 2 aromatic heterocycles. The van der Waals surface area contributed by atoms with E-state index in [0.29, 0.717) is 5.39 Å². The molecule has 1 atom stereocenters. The number of pyridine rings is 1. The zero-order valence-corrected chi connectivity index (χ0v) is 23.8. The maximum atomic E-state index is 16.6. The van der Waals surface area contributed by atoms with Crippen LogP contribution < -0.4 is 15.4 Å². The van der Waals surface area contributed by atoms with E-state index in [1.807, 2.05) is 0 Å². The van der Waals surface area contributed by atoms with Crippen LogP contribution in [0.4, 0.5) is 23.4 Å². The highest BCUT2D eigenvalue weighted by atomic mass is 19.3. The number of fused-ring (bicyclic) bond motifs is 3. The average Bonchev–Trinajstić information content (AvgIpc) is 3.58. The van der Waals surface area contributed by atoms with E-state index in [9.17, 15) is 18.3 Å². The third kappa shape index (κ3) is 4.57. The molecular formula is C32H30F4N6O2. The van der Waals surface area contributed by atoms with Gasteiger partial charge in [0.15, 0.2) is 5.82 Å². The number of terminal acetylenes is 1. The van der Waals surface area contributed by atoms with Gasteiger partial charge in [-0.1, -0.05) is 12.0 Å². The van der Waals surface area contributed by atoms with Gasteiger partial charge in [-0.2, -0.15) is 9.97 Å². The predicted octanol–water partition coefficient (Wildman–Crippen LogP) is 4.99. The van der Waals surface area contributed by atoms with Crippen molar-refractivity contribution in [2.24, 2.45) is 5.73 Å². The van der Waals surface area contributed by atoms with Gasteiger partial charge in [0.1, 0.15) is 35.2 Å². The minimum atomic E-state index is -3.20. The zero-order chi connectivity index (χ0) is 30.8. The topological polar surface area (TPSA) is 101 Å². The maximum Gasteiger partial charge on any atom is 0.319 e. The van der Waals surface area contributed by atoms with Crippen molar-refractivity contribution < 1.29 is 27.4 Å². The molecule has 3 saturated heterocycles. The van der Waals surface area contributed by atoms with E-state index in [1.165, 1.54) is 35.4 Å². The molecule has 5 heterocycles. The fourth-order valence-electron chi connectivity index (χ4n) is 7.07. The second-order valence-electron chi connectivity index (χ2n) is 12.0. The molecule has 3 N–H and O–H groups in total. The van der Waals surface area contributed by atoms with Gasteiger partial charge < -0.3 is 20.5 Å². The lowest BCUT2D eigenvalue weighted by Gasteiger charge is -2.37. The van der Waals surface area contributed by atoms with Crippen LogP contribution in [0.5, 0.6) is 11.8 Å². The molecule has 0 aliphatic carbocycles. The zero-order valence-electron chi connectivity index (χ0n) is 23.8. The molecule has 0 spiro atoms. The molecule has 44 heavy (non-hydrogen) atoms. The highest BCUT2D eigenvalue weighted by Gasteiger charge is 2.46. The number of hydrogen-bond acceptors (Lipinski definition) is 8. The Bertz CT molecular complexity index is 1830. The van der Waals surface area contributed by atoms with Gasteiger partial charge in [0.2, 0.25) is 0 Å². The Labute approximate surface area is 250 Å². The van der Waals surface area contributed by atoms with Crippen LogP contribution in [0.15, 0.2) is 30.5 Å². The number of aromatic nitrogens is 3. The van der Waals surface area contributed by atoms with Gasteiger partial charge in [-0.05, 0) is 68.8 Å². The molecule has 3 aliphatic heterocycles. The maximum absolute atomic E-state index is 16.6. The van der Waals surface area contributed by atoms with E-state index >= 15 is 4.39 Å². The van der Waals surface area contributed by atoms with Crippen molar-refractivity contribution in [3.8, 4) is 35.4 Å². The molecule has 8 nitrogen and oxygen atoms in total. The molecule has 0 bridgehead atoms. The molecule has 0 amide bonds. The molecular weight excluding hydrogens is 576 g/mol. The summed E-state index contributed by atoms with van der Waals surface area (Å²) >= 11 is 0. The molecule has 3 aliphatic rings. The largest absolute Gasteiger partial charge is 0.508 e. The van der Waals surface area contributed by atoms with Crippen LogP contribution in [0.1, 0.15) is 37.7 Å². The first-order valence-electron chi connectivity index (χ1n) is 14.6. The van der Waals surface area contributed by atoms with Crippen LogP contribution in [0.25, 0.3) is 32.9 Å². The minimum Gasteiger partial charge on any atom is -0.508 e. The third-order valence-electron chi connectivity index (χ3n) is 9.33. The summed E-state index contributed by atoms with van der Waals surface area (Å²) < 4.78 is 67.1. The number of benzene rings is 2. The fourth-order valence-corrected chi connectivity index (χ4v) is 7.07. The van der Waals surface area contributed by atoms with Gasteiger partial charge in [0.05, 0.1) is 29.1 Å². The van der Waals surface area contributed by atoms with Crippen LogP contribution >= 0.6 is 0 Å². The number of phenols is 1. The molecule has 3 fully saturated rings. The molecule has 0 radical (unpaired) electrons. The summed E-state index contributed by atoms with van der Waals surface area (Å²) in [5, 5.41) is 11.1. The van der Waals surface area contributed by atoms with Crippen molar-refractivity contribution in [1.29, 1.82) is 0 Å². The number of piperidine rings is 1. The van der Waals surface area contributed by atoms with Gasteiger partial charge in [-0.15, -0.1) is 6.42 Å². The third-order valence-corrected chi connectivity index (χ3v) is 9.33. The fraction of sp³-hybridized carbons (Fsp3) is 0.406. The van der Waals surface area contributed by atoms with Crippen LogP contribution in [0, 0.1) is 24.0 Å². The van der Waals surface area contributed by atoms with Crippen LogP contribution in [0.3, 0.4) is 0 Å². The molecule has 7 rings (SSSR count). The Morgan fingerprint density at radius 2 is 1.89 bits per heavy atom. The summed E-state index contributed by atoms with van der Waals surface area (Å²) in [4.78, 5) is 17.0. The van der Waals surface area contributed by atoms with Crippen molar-refractivity contribution in [2.75, 3.05) is 37.7 Å². The first-order valence-corrected chi connectivity index (χ1v) is 14.6. The van der Waals surface area contributed by atoms with Crippen LogP contribution in [-0.4, -0.2) is 75.2 Å². The van der Waals surface area contributed by atoms with Crippen LogP contribution in [0.2, 0.25) is 0 Å². The summed E-state index contributed by atoms with van der Waals surface area (Å²) in [5.41, 5.74) is 5.00. The molecule has 228 valence electrons. The first-order chi connectivity index (χ1) is 21.1. The van der Waals surface area contributed by atoms with E-state index in [1.54, 1.807) is 0 Å². The molecule has 4 aromatic rings. The molecule has 0 saturated carbocycles. The molecule has 2 aromatic carbocycles. The normalized spacial score (nSPS) is 21.1. The Balaban J connectivity index is 1.39.